The Morgan fingerprint density at radius 1 is 1.17 bits per heavy atom. The zero-order chi connectivity index (χ0) is 13.5. The molecule has 0 unspecified atom stereocenters. The first-order valence-corrected chi connectivity index (χ1v) is 8.48. The van der Waals surface area contributed by atoms with Gasteiger partial charge in [0.2, 0.25) is 0 Å². The summed E-state index contributed by atoms with van der Waals surface area (Å²) in [6, 6.07) is 3.86. The first-order chi connectivity index (χ1) is 8.56. The van der Waals surface area contributed by atoms with Crippen LogP contribution in [0.15, 0.2) is 12.1 Å². The van der Waals surface area contributed by atoms with Crippen LogP contribution in [0, 0.1) is 10.7 Å². The van der Waals surface area contributed by atoms with E-state index in [-0.39, 0.29) is 12.6 Å². The van der Waals surface area contributed by atoms with Gasteiger partial charge in [-0.05, 0) is 79.9 Å². The van der Waals surface area contributed by atoms with Gasteiger partial charge >= 0.3 is 5.97 Å². The second-order valence-electron chi connectivity index (χ2n) is 3.35. The third-order valence-corrected chi connectivity index (χ3v) is 5.63. The predicted octanol–water partition coefficient (Wildman–Crippen LogP) is 1.92. The van der Waals surface area contributed by atoms with Gasteiger partial charge in [-0.15, -0.1) is 0 Å². The average molecular weight is 588 g/mol. The van der Waals surface area contributed by atoms with Crippen LogP contribution in [0.3, 0.4) is 0 Å². The summed E-state index contributed by atoms with van der Waals surface area (Å²) in [4.78, 5) is 11.9. The minimum Gasteiger partial charge on any atom is -0.460 e. The SMILES string of the molecule is [NH3+]CCOCCOC(=O)c1cc(I)cc(I)c1I. The largest absolute Gasteiger partial charge is 0.460 e. The minimum absolute atomic E-state index is 0.275. The van der Waals surface area contributed by atoms with E-state index in [1.165, 1.54) is 0 Å². The van der Waals surface area contributed by atoms with Crippen molar-refractivity contribution in [3.8, 4) is 0 Å². The van der Waals surface area contributed by atoms with Gasteiger partial charge in [-0.1, -0.05) is 0 Å². The molecular formula is C11H13I3NO3+. The topological polar surface area (TPSA) is 63.2 Å². The lowest BCUT2D eigenvalue weighted by Gasteiger charge is -2.08. The highest BCUT2D eigenvalue weighted by atomic mass is 127. The Bertz CT molecular complexity index is 426. The molecule has 0 saturated carbocycles. The van der Waals surface area contributed by atoms with Gasteiger partial charge in [0.25, 0.3) is 0 Å². The second-order valence-corrected chi connectivity index (χ2v) is 6.84. The normalized spacial score (nSPS) is 10.4. The van der Waals surface area contributed by atoms with Gasteiger partial charge in [-0.25, -0.2) is 4.79 Å². The van der Waals surface area contributed by atoms with Crippen LogP contribution in [-0.2, 0) is 9.47 Å². The summed E-state index contributed by atoms with van der Waals surface area (Å²) in [6.07, 6.45) is 0. The van der Waals surface area contributed by atoms with Crippen LogP contribution >= 0.6 is 67.8 Å². The van der Waals surface area contributed by atoms with Crippen LogP contribution in [0.4, 0.5) is 0 Å². The fourth-order valence-electron chi connectivity index (χ4n) is 1.18. The van der Waals surface area contributed by atoms with E-state index in [4.69, 9.17) is 9.47 Å². The number of quaternary nitrogens is 1. The number of ether oxygens (including phenoxy) is 2. The first kappa shape index (κ1) is 16.9. The summed E-state index contributed by atoms with van der Waals surface area (Å²) in [5.41, 5.74) is 4.28. The lowest BCUT2D eigenvalue weighted by atomic mass is 10.2. The van der Waals surface area contributed by atoms with Crippen molar-refractivity contribution in [1.29, 1.82) is 0 Å². The van der Waals surface area contributed by atoms with Crippen LogP contribution in [-0.4, -0.2) is 32.3 Å². The molecule has 0 radical (unpaired) electrons. The molecule has 0 aromatic heterocycles. The lowest BCUT2D eigenvalue weighted by molar-refractivity contribution is -0.374. The van der Waals surface area contributed by atoms with Crippen molar-refractivity contribution in [3.63, 3.8) is 0 Å². The van der Waals surface area contributed by atoms with Gasteiger partial charge in [0.15, 0.2) is 0 Å². The molecule has 0 aliphatic carbocycles. The summed E-state index contributed by atoms with van der Waals surface area (Å²) >= 11 is 6.56. The Morgan fingerprint density at radius 2 is 1.89 bits per heavy atom. The number of carbonyl (C=O) groups is 1. The molecule has 3 N–H and O–H groups in total. The van der Waals surface area contributed by atoms with E-state index in [1.54, 1.807) is 0 Å². The van der Waals surface area contributed by atoms with Gasteiger partial charge in [-0.3, -0.25) is 0 Å². The molecule has 0 heterocycles. The predicted molar refractivity (Wildman–Crippen MR) is 93.4 cm³/mol. The third-order valence-electron chi connectivity index (χ3n) is 1.96. The van der Waals surface area contributed by atoms with Crippen LogP contribution < -0.4 is 5.73 Å². The minimum atomic E-state index is -0.297. The first-order valence-electron chi connectivity index (χ1n) is 5.25. The summed E-state index contributed by atoms with van der Waals surface area (Å²) < 4.78 is 13.4. The highest BCUT2D eigenvalue weighted by molar-refractivity contribution is 14.1. The average Bonchev–Trinajstić information content (AvgIpc) is 2.33. The van der Waals surface area contributed by atoms with E-state index in [0.717, 1.165) is 17.3 Å². The van der Waals surface area contributed by atoms with Gasteiger partial charge in [0, 0.05) is 10.7 Å². The zero-order valence-corrected chi connectivity index (χ0v) is 16.0. The maximum Gasteiger partial charge on any atom is 0.339 e. The maximum absolute atomic E-state index is 11.9. The molecule has 4 nitrogen and oxygen atoms in total. The molecule has 0 amide bonds. The standard InChI is InChI=1S/C11H12I3NO3/c12-7-5-8(10(14)9(13)6-7)11(16)18-4-3-17-2-1-15/h5-6H,1-4,15H2/p+1. The monoisotopic (exact) mass is 588 g/mol. The number of rotatable bonds is 6. The number of esters is 1. The van der Waals surface area contributed by atoms with Gasteiger partial charge < -0.3 is 15.2 Å². The summed E-state index contributed by atoms with van der Waals surface area (Å²) in [7, 11) is 0. The molecular weight excluding hydrogens is 575 g/mol. The molecule has 0 saturated heterocycles. The van der Waals surface area contributed by atoms with Crippen molar-refractivity contribution in [1.82, 2.24) is 0 Å². The highest BCUT2D eigenvalue weighted by Gasteiger charge is 2.14. The Balaban J connectivity index is 2.56. The molecule has 0 fully saturated rings. The molecule has 100 valence electrons. The lowest BCUT2D eigenvalue weighted by Crippen LogP contribution is -2.52. The van der Waals surface area contributed by atoms with Crippen LogP contribution in [0.2, 0.25) is 0 Å². The molecule has 1 rings (SSSR count). The fraction of sp³-hybridized carbons (Fsp3) is 0.364. The molecule has 0 spiro atoms. The van der Waals surface area contributed by atoms with Gasteiger partial charge in [0.1, 0.15) is 6.61 Å². The fourth-order valence-corrected chi connectivity index (χ4v) is 3.56. The molecule has 1 aromatic rings. The van der Waals surface area contributed by atoms with Crippen LogP contribution in [0.1, 0.15) is 10.4 Å². The van der Waals surface area contributed by atoms with Crippen molar-refractivity contribution in [2.75, 3.05) is 26.4 Å². The Labute approximate surface area is 147 Å². The smallest absolute Gasteiger partial charge is 0.339 e. The summed E-state index contributed by atoms with van der Waals surface area (Å²) in [5.74, 6) is -0.297. The Morgan fingerprint density at radius 3 is 2.56 bits per heavy atom. The van der Waals surface area contributed by atoms with E-state index < -0.39 is 0 Å². The van der Waals surface area contributed by atoms with Crippen molar-refractivity contribution in [2.24, 2.45) is 0 Å². The Kier molecular flexibility index (Phi) is 8.30. The van der Waals surface area contributed by atoms with Gasteiger partial charge in [0.05, 0.1) is 25.3 Å². The summed E-state index contributed by atoms with van der Waals surface area (Å²) in [5, 5.41) is 0. The number of benzene rings is 1. The second kappa shape index (κ2) is 8.87. The number of halogens is 3. The molecule has 18 heavy (non-hydrogen) atoms. The quantitative estimate of drug-likeness (QED) is 0.240. The van der Waals surface area contributed by atoms with E-state index in [0.29, 0.717) is 18.8 Å². The van der Waals surface area contributed by atoms with E-state index in [2.05, 4.69) is 73.5 Å². The van der Waals surface area contributed by atoms with E-state index in [1.807, 2.05) is 12.1 Å². The van der Waals surface area contributed by atoms with E-state index in [9.17, 15) is 4.79 Å². The van der Waals surface area contributed by atoms with Crippen molar-refractivity contribution in [3.05, 3.63) is 28.4 Å². The molecule has 1 aromatic carbocycles. The van der Waals surface area contributed by atoms with Crippen LogP contribution in [0.25, 0.3) is 0 Å². The Hall–Kier alpha value is 0.800. The molecule has 0 bridgehead atoms. The third kappa shape index (κ3) is 5.43. The van der Waals surface area contributed by atoms with Crippen molar-refractivity contribution in [2.45, 2.75) is 0 Å². The highest BCUT2D eigenvalue weighted by Crippen LogP contribution is 2.23. The van der Waals surface area contributed by atoms with Crippen LogP contribution in [0.5, 0.6) is 0 Å². The van der Waals surface area contributed by atoms with Gasteiger partial charge in [-0.2, -0.15) is 0 Å². The van der Waals surface area contributed by atoms with Crippen molar-refractivity contribution >= 4 is 73.7 Å². The molecule has 0 aliphatic rings. The zero-order valence-electron chi connectivity index (χ0n) is 9.55. The number of hydrogen-bond acceptors (Lipinski definition) is 3. The number of carbonyl (C=O) groups excluding carboxylic acids is 1. The molecule has 7 heteroatoms. The molecule has 0 atom stereocenters. The number of hydrogen-bond donors (Lipinski definition) is 1. The maximum atomic E-state index is 11.9. The van der Waals surface area contributed by atoms with Crippen molar-refractivity contribution < 1.29 is 20.0 Å². The van der Waals surface area contributed by atoms with E-state index >= 15 is 0 Å². The molecule has 0 aliphatic heterocycles. The summed E-state index contributed by atoms with van der Waals surface area (Å²) in [6.45, 7) is 2.01.